The van der Waals surface area contributed by atoms with Gasteiger partial charge in [-0.1, -0.05) is 36.4 Å². The van der Waals surface area contributed by atoms with Gasteiger partial charge in [0.05, 0.1) is 12.8 Å². The minimum atomic E-state index is -0.531. The highest BCUT2D eigenvalue weighted by atomic mass is 19.1. The molecular formula is C24H19FN2O4. The van der Waals surface area contributed by atoms with E-state index in [1.807, 2.05) is 6.07 Å². The quantitative estimate of drug-likeness (QED) is 0.487. The SMILES string of the molecule is COc1ccc(OCc2ccccc2F)c(/C=C2/C(=O)NN(c3ccccc3)C2=O)c1. The molecule has 1 N–H and O–H groups in total. The molecule has 4 rings (SSSR count). The van der Waals surface area contributed by atoms with Crippen molar-refractivity contribution in [3.05, 3.63) is 95.3 Å². The summed E-state index contributed by atoms with van der Waals surface area (Å²) in [6.45, 7) is -0.00847. The number of hydrogen-bond acceptors (Lipinski definition) is 4. The lowest BCUT2D eigenvalue weighted by atomic mass is 10.1. The summed E-state index contributed by atoms with van der Waals surface area (Å²) in [6.07, 6.45) is 1.44. The molecule has 0 aromatic heterocycles. The number of methoxy groups -OCH3 is 1. The highest BCUT2D eigenvalue weighted by Crippen LogP contribution is 2.29. The minimum absolute atomic E-state index is 0.00847. The van der Waals surface area contributed by atoms with Crippen LogP contribution in [0.5, 0.6) is 11.5 Å². The van der Waals surface area contributed by atoms with Crippen molar-refractivity contribution in [2.75, 3.05) is 12.1 Å². The van der Waals surface area contributed by atoms with Gasteiger partial charge in [0.25, 0.3) is 11.8 Å². The summed E-state index contributed by atoms with van der Waals surface area (Å²) in [6, 6.07) is 20.1. The highest BCUT2D eigenvalue weighted by Gasteiger charge is 2.34. The third kappa shape index (κ3) is 4.25. The Bertz CT molecular complexity index is 1160. The molecule has 7 heteroatoms. The van der Waals surface area contributed by atoms with Crippen LogP contribution in [0.25, 0.3) is 6.08 Å². The van der Waals surface area contributed by atoms with Crippen LogP contribution in [0.15, 0.2) is 78.4 Å². The van der Waals surface area contributed by atoms with E-state index in [0.29, 0.717) is 28.3 Å². The maximum absolute atomic E-state index is 13.9. The zero-order valence-electron chi connectivity index (χ0n) is 16.7. The van der Waals surface area contributed by atoms with Crippen LogP contribution in [0.2, 0.25) is 0 Å². The zero-order chi connectivity index (χ0) is 21.8. The van der Waals surface area contributed by atoms with Crippen molar-refractivity contribution in [3.63, 3.8) is 0 Å². The number of rotatable bonds is 6. The van der Waals surface area contributed by atoms with Crippen molar-refractivity contribution in [2.45, 2.75) is 6.61 Å². The molecule has 31 heavy (non-hydrogen) atoms. The predicted molar refractivity (Wildman–Crippen MR) is 114 cm³/mol. The Hall–Kier alpha value is -4.13. The Morgan fingerprint density at radius 3 is 2.48 bits per heavy atom. The average Bonchev–Trinajstić information content (AvgIpc) is 3.08. The van der Waals surface area contributed by atoms with E-state index in [4.69, 9.17) is 9.47 Å². The fourth-order valence-corrected chi connectivity index (χ4v) is 3.14. The third-order valence-electron chi connectivity index (χ3n) is 4.76. The van der Waals surface area contributed by atoms with Gasteiger partial charge in [0.2, 0.25) is 0 Å². The molecule has 1 heterocycles. The van der Waals surface area contributed by atoms with E-state index in [0.717, 1.165) is 0 Å². The summed E-state index contributed by atoms with van der Waals surface area (Å²) in [5, 5.41) is 1.19. The van der Waals surface area contributed by atoms with Gasteiger partial charge < -0.3 is 9.47 Å². The first-order valence-corrected chi connectivity index (χ1v) is 9.53. The normalized spacial score (nSPS) is 14.6. The Balaban J connectivity index is 1.65. The number of hydrazine groups is 1. The molecule has 0 spiro atoms. The number of amides is 2. The first-order valence-electron chi connectivity index (χ1n) is 9.53. The second-order valence-corrected chi connectivity index (χ2v) is 6.76. The van der Waals surface area contributed by atoms with Crippen LogP contribution in [0.4, 0.5) is 10.1 Å². The number of halogens is 1. The maximum Gasteiger partial charge on any atom is 0.282 e. The molecule has 1 saturated heterocycles. The van der Waals surface area contributed by atoms with E-state index in [9.17, 15) is 14.0 Å². The fraction of sp³-hybridized carbons (Fsp3) is 0.0833. The number of nitrogens with zero attached hydrogens (tertiary/aromatic N) is 1. The van der Waals surface area contributed by atoms with Crippen molar-refractivity contribution < 1.29 is 23.5 Å². The number of carbonyl (C=O) groups is 2. The molecular weight excluding hydrogens is 399 g/mol. The Labute approximate surface area is 178 Å². The van der Waals surface area contributed by atoms with Gasteiger partial charge in [-0.25, -0.2) is 9.40 Å². The van der Waals surface area contributed by atoms with Crippen molar-refractivity contribution >= 4 is 23.6 Å². The monoisotopic (exact) mass is 418 g/mol. The minimum Gasteiger partial charge on any atom is -0.497 e. The Morgan fingerprint density at radius 2 is 1.74 bits per heavy atom. The van der Waals surface area contributed by atoms with Crippen molar-refractivity contribution in [2.24, 2.45) is 0 Å². The molecule has 156 valence electrons. The third-order valence-corrected chi connectivity index (χ3v) is 4.76. The van der Waals surface area contributed by atoms with Crippen molar-refractivity contribution in [1.82, 2.24) is 5.43 Å². The average molecular weight is 418 g/mol. The lowest BCUT2D eigenvalue weighted by Crippen LogP contribution is -2.35. The molecule has 1 fully saturated rings. The first-order chi connectivity index (χ1) is 15.1. The van der Waals surface area contributed by atoms with Crippen LogP contribution >= 0.6 is 0 Å². The molecule has 3 aromatic rings. The highest BCUT2D eigenvalue weighted by molar-refractivity contribution is 6.31. The van der Waals surface area contributed by atoms with Crippen LogP contribution in [0.1, 0.15) is 11.1 Å². The summed E-state index contributed by atoms with van der Waals surface area (Å²) in [7, 11) is 1.51. The number of benzene rings is 3. The molecule has 3 aromatic carbocycles. The van der Waals surface area contributed by atoms with Gasteiger partial charge in [0, 0.05) is 11.1 Å². The molecule has 1 aliphatic heterocycles. The summed E-state index contributed by atoms with van der Waals surface area (Å²) >= 11 is 0. The van der Waals surface area contributed by atoms with E-state index >= 15 is 0 Å². The molecule has 0 atom stereocenters. The lowest BCUT2D eigenvalue weighted by Gasteiger charge is -2.14. The van der Waals surface area contributed by atoms with Crippen molar-refractivity contribution in [1.29, 1.82) is 0 Å². The zero-order valence-corrected chi connectivity index (χ0v) is 16.7. The first kappa shape index (κ1) is 20.2. The summed E-state index contributed by atoms with van der Waals surface area (Å²) in [4.78, 5) is 25.4. The van der Waals surface area contributed by atoms with Gasteiger partial charge in [-0.2, -0.15) is 0 Å². The lowest BCUT2D eigenvalue weighted by molar-refractivity contribution is -0.117. The molecule has 0 aliphatic carbocycles. The summed E-state index contributed by atoms with van der Waals surface area (Å²) in [5.41, 5.74) is 3.91. The second kappa shape index (κ2) is 8.71. The fourth-order valence-electron chi connectivity index (χ4n) is 3.14. The molecule has 0 bridgehead atoms. The maximum atomic E-state index is 13.9. The van der Waals surface area contributed by atoms with Crippen LogP contribution in [0.3, 0.4) is 0 Å². The van der Waals surface area contributed by atoms with Crippen molar-refractivity contribution in [3.8, 4) is 11.5 Å². The van der Waals surface area contributed by atoms with Gasteiger partial charge in [-0.3, -0.25) is 15.0 Å². The van der Waals surface area contributed by atoms with E-state index in [1.54, 1.807) is 60.7 Å². The van der Waals surface area contributed by atoms with Crippen LogP contribution < -0.4 is 19.9 Å². The van der Waals surface area contributed by atoms with Gasteiger partial charge in [0.15, 0.2) is 0 Å². The molecule has 0 saturated carbocycles. The number of hydrogen-bond donors (Lipinski definition) is 1. The molecule has 6 nitrogen and oxygen atoms in total. The van der Waals surface area contributed by atoms with Crippen LogP contribution in [0, 0.1) is 5.82 Å². The number of nitrogens with one attached hydrogen (secondary N) is 1. The number of ether oxygens (including phenoxy) is 2. The Kier molecular flexibility index (Phi) is 5.66. The van der Waals surface area contributed by atoms with E-state index in [-0.39, 0.29) is 18.0 Å². The summed E-state index contributed by atoms with van der Waals surface area (Å²) in [5.74, 6) is -0.484. The molecule has 1 aliphatic rings. The number of anilines is 1. The second-order valence-electron chi connectivity index (χ2n) is 6.76. The smallest absolute Gasteiger partial charge is 0.282 e. The van der Waals surface area contributed by atoms with Crippen LogP contribution in [-0.2, 0) is 16.2 Å². The molecule has 0 radical (unpaired) electrons. The Morgan fingerprint density at radius 1 is 1.00 bits per heavy atom. The molecule has 0 unspecified atom stereocenters. The van der Waals surface area contributed by atoms with E-state index in [2.05, 4.69) is 5.43 Å². The molecule has 2 amide bonds. The predicted octanol–water partition coefficient (Wildman–Crippen LogP) is 3.87. The van der Waals surface area contributed by atoms with Gasteiger partial charge >= 0.3 is 0 Å². The van der Waals surface area contributed by atoms with E-state index < -0.39 is 11.8 Å². The van der Waals surface area contributed by atoms with Gasteiger partial charge in [-0.05, 0) is 42.5 Å². The largest absolute Gasteiger partial charge is 0.497 e. The number of para-hydroxylation sites is 1. The van der Waals surface area contributed by atoms with Gasteiger partial charge in [0.1, 0.15) is 29.5 Å². The summed E-state index contributed by atoms with van der Waals surface area (Å²) < 4.78 is 25.0. The number of carbonyl (C=O) groups excluding carboxylic acids is 2. The van der Waals surface area contributed by atoms with Gasteiger partial charge in [-0.15, -0.1) is 0 Å². The standard InChI is InChI=1S/C24H19FN2O4/c1-30-19-11-12-22(31-15-16-7-5-6-10-21(16)25)17(13-19)14-20-23(28)26-27(24(20)29)18-8-3-2-4-9-18/h2-14H,15H2,1H3,(H,26,28)/b20-14-. The van der Waals surface area contributed by atoms with Crippen LogP contribution in [-0.4, -0.2) is 18.9 Å². The topological polar surface area (TPSA) is 67.9 Å². The van der Waals surface area contributed by atoms with E-state index in [1.165, 1.54) is 24.3 Å².